The van der Waals surface area contributed by atoms with Crippen LogP contribution in [0.2, 0.25) is 0 Å². The van der Waals surface area contributed by atoms with E-state index in [-0.39, 0.29) is 35.8 Å². The summed E-state index contributed by atoms with van der Waals surface area (Å²) < 4.78 is 23.1. The topological polar surface area (TPSA) is 108 Å². The molecule has 1 aliphatic rings. The number of hydrogen-bond donors (Lipinski definition) is 0. The number of nitrogens with zero attached hydrogens (tertiary/aromatic N) is 3. The normalized spacial score (nSPS) is 17.0. The molecular formula is C25H26FN3O6. The molecule has 0 radical (unpaired) electrons. The number of carbonyl (C=O) groups is 3. The minimum Gasteiger partial charge on any atom is -0.497 e. The number of benzene rings is 2. The Bertz CT molecular complexity index is 1190. The maximum absolute atomic E-state index is 13.4. The summed E-state index contributed by atoms with van der Waals surface area (Å²) in [5.41, 5.74) is -0.344. The van der Waals surface area contributed by atoms with Crippen LogP contribution in [0.15, 0.2) is 65.9 Å². The third-order valence-corrected chi connectivity index (χ3v) is 5.10. The van der Waals surface area contributed by atoms with Crippen LogP contribution in [0.25, 0.3) is 0 Å². The second-order valence-corrected chi connectivity index (χ2v) is 8.88. The molecule has 0 saturated heterocycles. The molecule has 1 heterocycles. The van der Waals surface area contributed by atoms with Crippen LogP contribution in [0.1, 0.15) is 37.6 Å². The second kappa shape index (κ2) is 10.1. The molecule has 1 atom stereocenters. The zero-order chi connectivity index (χ0) is 25.8. The fraction of sp³-hybridized carbons (Fsp3) is 0.280. The molecule has 1 unspecified atom stereocenters. The van der Waals surface area contributed by atoms with Crippen molar-refractivity contribution in [1.29, 1.82) is 0 Å². The van der Waals surface area contributed by atoms with Crippen LogP contribution >= 0.6 is 0 Å². The van der Waals surface area contributed by atoms with E-state index in [9.17, 15) is 23.9 Å². The predicted octanol–water partition coefficient (Wildman–Crippen LogP) is 3.84. The van der Waals surface area contributed by atoms with Crippen molar-refractivity contribution in [2.24, 2.45) is 4.99 Å². The number of esters is 1. The third kappa shape index (κ3) is 5.90. The van der Waals surface area contributed by atoms with Gasteiger partial charge in [-0.1, -0.05) is 6.07 Å². The van der Waals surface area contributed by atoms with Gasteiger partial charge in [-0.3, -0.25) is 0 Å². The minimum absolute atomic E-state index is 0.0401. The smallest absolute Gasteiger partial charge is 0.410 e. The zero-order valence-electron chi connectivity index (χ0n) is 19.9. The van der Waals surface area contributed by atoms with Gasteiger partial charge in [0.2, 0.25) is 5.84 Å². The summed E-state index contributed by atoms with van der Waals surface area (Å²) in [5, 5.41) is 12.3. The lowest BCUT2D eigenvalue weighted by Crippen LogP contribution is -2.59. The van der Waals surface area contributed by atoms with Gasteiger partial charge in [-0.2, -0.15) is 4.48 Å². The van der Waals surface area contributed by atoms with Crippen LogP contribution in [0.5, 0.6) is 5.75 Å². The van der Waals surface area contributed by atoms with Gasteiger partial charge in [0.1, 0.15) is 29.1 Å². The van der Waals surface area contributed by atoms with Crippen molar-refractivity contribution < 1.29 is 33.4 Å². The molecule has 0 fully saturated rings. The highest BCUT2D eigenvalue weighted by Gasteiger charge is 2.41. The van der Waals surface area contributed by atoms with E-state index in [0.717, 1.165) is 6.07 Å². The van der Waals surface area contributed by atoms with Crippen molar-refractivity contribution in [1.82, 2.24) is 9.38 Å². The molecule has 0 bridgehead atoms. The highest BCUT2D eigenvalue weighted by molar-refractivity contribution is 6.10. The van der Waals surface area contributed by atoms with E-state index in [4.69, 9.17) is 9.47 Å². The first-order chi connectivity index (χ1) is 16.4. The van der Waals surface area contributed by atoms with Gasteiger partial charge >= 0.3 is 12.1 Å². The van der Waals surface area contributed by atoms with E-state index in [2.05, 4.69) is 4.99 Å². The fourth-order valence-electron chi connectivity index (χ4n) is 3.37. The molecule has 0 aromatic heterocycles. The van der Waals surface area contributed by atoms with Crippen molar-refractivity contribution >= 4 is 29.7 Å². The van der Waals surface area contributed by atoms with E-state index in [1.165, 1.54) is 59.8 Å². The van der Waals surface area contributed by atoms with Gasteiger partial charge in [0, 0.05) is 25.7 Å². The SMILES string of the molecule is CN(CCC1=NC=C[N+]1(C(=O)[O-])c1ccc(OC(=O)c2cccc(F)c2)cc1)C(=O)OC(C)(C)C. The van der Waals surface area contributed by atoms with Gasteiger partial charge in [-0.05, 0) is 51.1 Å². The molecule has 0 saturated carbocycles. The molecule has 2 amide bonds. The molecular weight excluding hydrogens is 457 g/mol. The molecule has 3 rings (SSSR count). The molecule has 10 heteroatoms. The van der Waals surface area contributed by atoms with Crippen LogP contribution < -0.4 is 14.3 Å². The summed E-state index contributed by atoms with van der Waals surface area (Å²) in [7, 11) is 1.55. The van der Waals surface area contributed by atoms with Crippen molar-refractivity contribution in [3.8, 4) is 5.75 Å². The van der Waals surface area contributed by atoms with Crippen LogP contribution in [-0.2, 0) is 4.74 Å². The summed E-state index contributed by atoms with van der Waals surface area (Å²) in [6.45, 7) is 5.41. The van der Waals surface area contributed by atoms with Gasteiger partial charge in [0.15, 0.2) is 0 Å². The van der Waals surface area contributed by atoms with Crippen molar-refractivity contribution in [3.05, 3.63) is 72.3 Å². The third-order valence-electron chi connectivity index (χ3n) is 5.10. The number of quaternary nitrogens is 1. The Hall–Kier alpha value is -4.05. The van der Waals surface area contributed by atoms with Gasteiger partial charge in [-0.15, -0.1) is 0 Å². The standard InChI is InChI=1S/C25H26FN3O6/c1-25(2,3)35-23(31)28(4)14-12-21-27-13-15-29(21,24(32)33)19-8-10-20(11-9-19)34-22(30)17-6-5-7-18(26)16-17/h5-11,13,15-16H,12,14H2,1-4H3. The van der Waals surface area contributed by atoms with Crippen LogP contribution in [0, 0.1) is 5.82 Å². The minimum atomic E-state index is -1.44. The van der Waals surface area contributed by atoms with Crippen LogP contribution in [0.4, 0.5) is 19.7 Å². The lowest BCUT2D eigenvalue weighted by atomic mass is 10.2. The van der Waals surface area contributed by atoms with Gasteiger partial charge in [0.05, 0.1) is 18.2 Å². The lowest BCUT2D eigenvalue weighted by molar-refractivity contribution is -0.257. The molecule has 35 heavy (non-hydrogen) atoms. The fourth-order valence-corrected chi connectivity index (χ4v) is 3.37. The van der Waals surface area contributed by atoms with Crippen molar-refractivity contribution in [2.45, 2.75) is 32.8 Å². The Morgan fingerprint density at radius 1 is 1.11 bits per heavy atom. The number of carbonyl (C=O) groups excluding carboxylic acids is 3. The maximum atomic E-state index is 13.4. The number of amides is 2. The number of carboxylic acid groups (broad SMARTS) is 1. The average molecular weight is 483 g/mol. The Morgan fingerprint density at radius 3 is 2.40 bits per heavy atom. The monoisotopic (exact) mass is 483 g/mol. The Balaban J connectivity index is 1.74. The zero-order valence-corrected chi connectivity index (χ0v) is 19.9. The number of hydrogen-bond acceptors (Lipinski definition) is 7. The maximum Gasteiger partial charge on any atom is 0.410 e. The highest BCUT2D eigenvalue weighted by Crippen LogP contribution is 2.31. The number of halogens is 1. The van der Waals surface area contributed by atoms with E-state index < -0.39 is 34.1 Å². The molecule has 0 aliphatic carbocycles. The molecule has 0 N–H and O–H groups in total. The molecule has 2 aromatic rings. The number of aliphatic imine (C=N–C) groups is 1. The Morgan fingerprint density at radius 2 is 1.80 bits per heavy atom. The summed E-state index contributed by atoms with van der Waals surface area (Å²) in [6.07, 6.45) is 0.858. The first-order valence-electron chi connectivity index (χ1n) is 10.8. The molecule has 0 spiro atoms. The van der Waals surface area contributed by atoms with Gasteiger partial charge in [-0.25, -0.2) is 19.0 Å². The molecule has 184 valence electrons. The van der Waals surface area contributed by atoms with Gasteiger partial charge < -0.3 is 24.3 Å². The Kier molecular flexibility index (Phi) is 7.35. The molecule has 9 nitrogen and oxygen atoms in total. The van der Waals surface area contributed by atoms with Crippen LogP contribution in [0.3, 0.4) is 0 Å². The summed E-state index contributed by atoms with van der Waals surface area (Å²) >= 11 is 0. The Labute approximate surface area is 202 Å². The molecule has 2 aromatic carbocycles. The summed E-state index contributed by atoms with van der Waals surface area (Å²) in [5.74, 6) is -0.953. The average Bonchev–Trinajstić information content (AvgIpc) is 3.22. The lowest BCUT2D eigenvalue weighted by Gasteiger charge is -2.32. The highest BCUT2D eigenvalue weighted by atomic mass is 19.1. The second-order valence-electron chi connectivity index (χ2n) is 8.88. The molecule has 1 aliphatic heterocycles. The van der Waals surface area contributed by atoms with Crippen molar-refractivity contribution in [3.63, 3.8) is 0 Å². The summed E-state index contributed by atoms with van der Waals surface area (Å²) in [6, 6.07) is 10.9. The first-order valence-corrected chi connectivity index (χ1v) is 10.8. The quantitative estimate of drug-likeness (QED) is 0.351. The van der Waals surface area contributed by atoms with E-state index in [0.29, 0.717) is 0 Å². The summed E-state index contributed by atoms with van der Waals surface area (Å²) in [4.78, 5) is 42.3. The largest absolute Gasteiger partial charge is 0.497 e. The van der Waals surface area contributed by atoms with Gasteiger partial charge in [0.25, 0.3) is 6.09 Å². The van der Waals surface area contributed by atoms with E-state index in [1.807, 2.05) is 0 Å². The van der Waals surface area contributed by atoms with Crippen LogP contribution in [-0.4, -0.2) is 48.1 Å². The number of rotatable bonds is 6. The predicted molar refractivity (Wildman–Crippen MR) is 125 cm³/mol. The van der Waals surface area contributed by atoms with E-state index >= 15 is 0 Å². The first kappa shape index (κ1) is 25.6. The van der Waals surface area contributed by atoms with Crippen molar-refractivity contribution in [2.75, 3.05) is 13.6 Å². The van der Waals surface area contributed by atoms with E-state index in [1.54, 1.807) is 27.8 Å². The number of amidine groups is 1. The number of ether oxygens (including phenoxy) is 2.